The summed E-state index contributed by atoms with van der Waals surface area (Å²) in [6.45, 7) is 7.57. The van der Waals surface area contributed by atoms with E-state index in [4.69, 9.17) is 40.2 Å². The van der Waals surface area contributed by atoms with E-state index in [1.807, 2.05) is 38.3 Å². The Balaban J connectivity index is 1.81. The molecule has 1 saturated heterocycles. The number of hydrogen-bond acceptors (Lipinski definition) is 6. The number of aromatic nitrogens is 1. The highest BCUT2D eigenvalue weighted by Crippen LogP contribution is 2.35. The zero-order valence-corrected chi connectivity index (χ0v) is 23.1. The topological polar surface area (TPSA) is 80.6 Å². The summed E-state index contributed by atoms with van der Waals surface area (Å²) >= 11 is 18.9. The Morgan fingerprint density at radius 3 is 2.44 bits per heavy atom. The van der Waals surface area contributed by atoms with Crippen LogP contribution in [0.4, 0.5) is 5.69 Å². The van der Waals surface area contributed by atoms with Crippen molar-refractivity contribution in [3.8, 4) is 5.00 Å². The summed E-state index contributed by atoms with van der Waals surface area (Å²) in [5, 5.41) is 3.80. The van der Waals surface area contributed by atoms with Crippen LogP contribution in [-0.4, -0.2) is 34.6 Å². The molecule has 3 heterocycles. The molecule has 1 aromatic carbocycles. The number of nitrogens with one attached hydrogen (secondary N) is 1. The van der Waals surface area contributed by atoms with Crippen LogP contribution in [-0.2, 0) is 14.3 Å². The van der Waals surface area contributed by atoms with E-state index in [2.05, 4.69) is 5.32 Å². The van der Waals surface area contributed by atoms with Gasteiger partial charge in [-0.2, -0.15) is 0 Å². The molecule has 7 nitrogen and oxygen atoms in total. The number of nitrogens with zero attached hydrogens (tertiary/aromatic N) is 2. The van der Waals surface area contributed by atoms with Gasteiger partial charge in [0.05, 0.1) is 28.4 Å². The maximum absolute atomic E-state index is 13.4. The average molecular weight is 563 g/mol. The molecule has 36 heavy (non-hydrogen) atoms. The van der Waals surface area contributed by atoms with Gasteiger partial charge in [-0.15, -0.1) is 11.3 Å². The van der Waals surface area contributed by atoms with E-state index in [0.29, 0.717) is 21.8 Å². The minimum atomic E-state index is -0.607. The second kappa shape index (κ2) is 9.82. The van der Waals surface area contributed by atoms with E-state index in [9.17, 15) is 14.4 Å². The number of thiocarbonyl (C=S) groups is 1. The first-order chi connectivity index (χ1) is 17.0. The highest BCUT2D eigenvalue weighted by Gasteiger charge is 2.35. The summed E-state index contributed by atoms with van der Waals surface area (Å²) < 4.78 is 6.94. The first-order valence-electron chi connectivity index (χ1n) is 10.7. The molecular formula is C25H21Cl2N3O4S2. The van der Waals surface area contributed by atoms with E-state index in [0.717, 1.165) is 26.8 Å². The molecule has 11 heteroatoms. The van der Waals surface area contributed by atoms with Crippen LogP contribution in [0, 0.1) is 27.7 Å². The zero-order valence-electron chi connectivity index (χ0n) is 20.0. The van der Waals surface area contributed by atoms with Crippen LogP contribution in [0.3, 0.4) is 0 Å². The second-order valence-corrected chi connectivity index (χ2v) is 10.6. The first-order valence-corrected chi connectivity index (χ1v) is 12.7. The number of ether oxygens (including phenoxy) is 1. The highest BCUT2D eigenvalue weighted by atomic mass is 35.5. The number of hydrogen-bond donors (Lipinski definition) is 1. The van der Waals surface area contributed by atoms with Crippen molar-refractivity contribution in [3.05, 3.63) is 72.8 Å². The van der Waals surface area contributed by atoms with Gasteiger partial charge >= 0.3 is 5.97 Å². The van der Waals surface area contributed by atoms with Gasteiger partial charge in [0.2, 0.25) is 0 Å². The average Bonchev–Trinajstić information content (AvgIpc) is 3.26. The Morgan fingerprint density at radius 1 is 1.11 bits per heavy atom. The summed E-state index contributed by atoms with van der Waals surface area (Å²) in [5.74, 6) is -1.62. The molecule has 2 aromatic heterocycles. The third-order valence-electron chi connectivity index (χ3n) is 5.99. The Labute approximate surface area is 227 Å². The number of amides is 2. The molecule has 1 aliphatic rings. The molecule has 3 aromatic rings. The summed E-state index contributed by atoms with van der Waals surface area (Å²) in [4.78, 5) is 40.9. The van der Waals surface area contributed by atoms with E-state index in [1.165, 1.54) is 35.5 Å². The number of methoxy groups -OCH3 is 1. The maximum Gasteiger partial charge on any atom is 0.341 e. The molecule has 0 radical (unpaired) electrons. The predicted molar refractivity (Wildman–Crippen MR) is 147 cm³/mol. The molecule has 0 spiro atoms. The molecule has 0 unspecified atom stereocenters. The van der Waals surface area contributed by atoms with Crippen LogP contribution in [0.25, 0.3) is 11.1 Å². The van der Waals surface area contributed by atoms with Crippen molar-refractivity contribution in [2.24, 2.45) is 0 Å². The lowest BCUT2D eigenvalue weighted by molar-refractivity contribution is -0.122. The van der Waals surface area contributed by atoms with Crippen LogP contribution < -0.4 is 10.2 Å². The third kappa shape index (κ3) is 4.37. The number of carbonyl (C=O) groups excluding carboxylic acids is 3. The lowest BCUT2D eigenvalue weighted by Crippen LogP contribution is -2.54. The van der Waals surface area contributed by atoms with Gasteiger partial charge in [-0.1, -0.05) is 23.2 Å². The van der Waals surface area contributed by atoms with Crippen molar-refractivity contribution in [2.45, 2.75) is 27.7 Å². The molecule has 1 N–H and O–H groups in total. The predicted octanol–water partition coefficient (Wildman–Crippen LogP) is 5.70. The fourth-order valence-electron chi connectivity index (χ4n) is 4.03. The summed E-state index contributed by atoms with van der Waals surface area (Å²) in [6.07, 6.45) is 1.52. The SMILES string of the molecule is COC(=O)c1c(-n2c(C)cc(/C=C3\C(=O)NC(=S)N(c4ccc(Cl)c(Cl)c4)C3=O)c2C)sc(C)c1C. The van der Waals surface area contributed by atoms with Gasteiger partial charge < -0.3 is 9.30 Å². The number of esters is 1. The van der Waals surface area contributed by atoms with Crippen molar-refractivity contribution in [2.75, 3.05) is 12.0 Å². The van der Waals surface area contributed by atoms with Gasteiger partial charge in [0, 0.05) is 16.3 Å². The number of halogens is 2. The van der Waals surface area contributed by atoms with Gasteiger partial charge in [-0.25, -0.2) is 4.79 Å². The minimum absolute atomic E-state index is 0.0572. The molecule has 186 valence electrons. The first kappa shape index (κ1) is 26.1. The Morgan fingerprint density at radius 2 is 1.81 bits per heavy atom. The zero-order chi connectivity index (χ0) is 26.5. The van der Waals surface area contributed by atoms with Gasteiger partial charge in [0.15, 0.2) is 5.11 Å². The van der Waals surface area contributed by atoms with Gasteiger partial charge in [-0.05, 0) is 81.4 Å². The number of anilines is 1. The molecule has 1 aliphatic heterocycles. The lowest BCUT2D eigenvalue weighted by atomic mass is 10.1. The number of rotatable bonds is 4. The van der Waals surface area contributed by atoms with Crippen molar-refractivity contribution in [1.29, 1.82) is 0 Å². The smallest absolute Gasteiger partial charge is 0.341 e. The van der Waals surface area contributed by atoms with Crippen molar-refractivity contribution >= 4 is 81.4 Å². The summed E-state index contributed by atoms with van der Waals surface area (Å²) in [5.41, 5.74) is 3.84. The molecule has 0 bridgehead atoms. The Hall–Kier alpha value is -2.98. The number of aryl methyl sites for hydroxylation is 2. The van der Waals surface area contributed by atoms with Gasteiger partial charge in [-0.3, -0.25) is 19.8 Å². The standard InChI is InChI=1S/C25H21Cl2N3O4S2/c1-11-8-15(13(3)29(11)23-20(24(33)34-5)12(2)14(4)36-23)9-17-21(31)28-25(35)30(22(17)32)16-6-7-18(26)19(27)10-16/h6-10H,1-5H3,(H,28,31,35)/b17-9+. The minimum Gasteiger partial charge on any atom is -0.465 e. The second-order valence-electron chi connectivity index (χ2n) is 8.17. The van der Waals surface area contributed by atoms with Crippen molar-refractivity contribution < 1.29 is 19.1 Å². The fraction of sp³-hybridized carbons (Fsp3) is 0.200. The van der Waals surface area contributed by atoms with Gasteiger partial charge in [0.1, 0.15) is 10.6 Å². The van der Waals surface area contributed by atoms with Crippen molar-refractivity contribution in [1.82, 2.24) is 9.88 Å². The third-order valence-corrected chi connectivity index (χ3v) is 8.21. The van der Waals surface area contributed by atoms with E-state index in [1.54, 1.807) is 12.1 Å². The van der Waals surface area contributed by atoms with Crippen LogP contribution in [0.15, 0.2) is 29.8 Å². The molecule has 4 rings (SSSR count). The maximum atomic E-state index is 13.4. The Bertz CT molecular complexity index is 1500. The molecule has 2 amide bonds. The van der Waals surface area contributed by atoms with Crippen LogP contribution in [0.5, 0.6) is 0 Å². The lowest BCUT2D eigenvalue weighted by Gasteiger charge is -2.29. The molecule has 1 fully saturated rings. The van der Waals surface area contributed by atoms with E-state index in [-0.39, 0.29) is 15.7 Å². The van der Waals surface area contributed by atoms with E-state index < -0.39 is 17.8 Å². The molecule has 0 aliphatic carbocycles. The van der Waals surface area contributed by atoms with Crippen LogP contribution in [0.1, 0.15) is 37.7 Å². The Kier molecular flexibility index (Phi) is 7.12. The fourth-order valence-corrected chi connectivity index (χ4v) is 5.86. The number of thiophene rings is 1. The van der Waals surface area contributed by atoms with Gasteiger partial charge in [0.25, 0.3) is 11.8 Å². The monoisotopic (exact) mass is 561 g/mol. The largest absolute Gasteiger partial charge is 0.465 e. The van der Waals surface area contributed by atoms with E-state index >= 15 is 0 Å². The quantitative estimate of drug-likeness (QED) is 0.191. The highest BCUT2D eigenvalue weighted by molar-refractivity contribution is 7.80. The van der Waals surface area contributed by atoms with Crippen molar-refractivity contribution in [3.63, 3.8) is 0 Å². The number of benzene rings is 1. The number of carbonyl (C=O) groups is 3. The molecular weight excluding hydrogens is 541 g/mol. The van der Waals surface area contributed by atoms with Crippen LogP contribution >= 0.6 is 46.8 Å². The van der Waals surface area contributed by atoms with Crippen LogP contribution in [0.2, 0.25) is 10.0 Å². The summed E-state index contributed by atoms with van der Waals surface area (Å²) in [6, 6.07) is 6.50. The normalized spacial score (nSPS) is 15.0. The molecule has 0 atom stereocenters. The summed E-state index contributed by atoms with van der Waals surface area (Å²) in [7, 11) is 1.35. The molecule has 0 saturated carbocycles.